The van der Waals surface area contributed by atoms with E-state index < -0.39 is 0 Å². The molecule has 5 nitrogen and oxygen atoms in total. The molecule has 0 N–H and O–H groups in total. The Labute approximate surface area is 183 Å². The number of nitrogens with zero attached hydrogens (tertiary/aromatic N) is 4. The minimum atomic E-state index is -0.0960. The van der Waals surface area contributed by atoms with E-state index in [1.807, 2.05) is 24.3 Å². The van der Waals surface area contributed by atoms with Crippen molar-refractivity contribution in [1.29, 1.82) is 0 Å². The molecule has 2 heterocycles. The molecule has 0 aromatic heterocycles. The zero-order chi connectivity index (χ0) is 21.1. The van der Waals surface area contributed by atoms with Gasteiger partial charge in [0, 0.05) is 43.2 Å². The van der Waals surface area contributed by atoms with E-state index in [1.165, 1.54) is 5.56 Å². The molecule has 1 saturated heterocycles. The lowest BCUT2D eigenvalue weighted by Crippen LogP contribution is -2.49. The van der Waals surface area contributed by atoms with Crippen LogP contribution in [0.2, 0.25) is 5.02 Å². The van der Waals surface area contributed by atoms with Crippen LogP contribution in [-0.2, 0) is 4.79 Å². The molecule has 2 aromatic carbocycles. The number of halogens is 1. The van der Waals surface area contributed by atoms with Crippen molar-refractivity contribution in [2.24, 2.45) is 5.10 Å². The molecule has 2 aliphatic heterocycles. The fourth-order valence-electron chi connectivity index (χ4n) is 4.17. The van der Waals surface area contributed by atoms with Crippen LogP contribution in [0, 0.1) is 6.92 Å². The lowest BCUT2D eigenvalue weighted by atomic mass is 9.97. The summed E-state index contributed by atoms with van der Waals surface area (Å²) in [6.45, 7) is 9.59. The average Bonchev–Trinajstić information content (AvgIpc) is 3.20. The number of benzene rings is 2. The van der Waals surface area contributed by atoms with Crippen LogP contribution in [0.4, 0.5) is 0 Å². The van der Waals surface area contributed by atoms with Crippen molar-refractivity contribution >= 4 is 23.2 Å². The number of carbonyl (C=O) groups is 1. The molecule has 2 aliphatic rings. The van der Waals surface area contributed by atoms with E-state index in [-0.39, 0.29) is 11.9 Å². The van der Waals surface area contributed by atoms with Crippen LogP contribution >= 0.6 is 11.6 Å². The molecule has 30 heavy (non-hydrogen) atoms. The highest BCUT2D eigenvalue weighted by Crippen LogP contribution is 2.34. The Morgan fingerprint density at radius 1 is 1.03 bits per heavy atom. The van der Waals surface area contributed by atoms with Crippen LogP contribution in [-0.4, -0.2) is 65.7 Å². The van der Waals surface area contributed by atoms with Gasteiger partial charge in [-0.25, -0.2) is 5.01 Å². The highest BCUT2D eigenvalue weighted by molar-refractivity contribution is 6.34. The maximum atomic E-state index is 13.3. The first-order valence-corrected chi connectivity index (χ1v) is 11.1. The summed E-state index contributed by atoms with van der Waals surface area (Å²) in [6, 6.07) is 16.0. The summed E-state index contributed by atoms with van der Waals surface area (Å²) in [7, 11) is 0. The molecule has 0 saturated carbocycles. The molecule has 1 fully saturated rings. The van der Waals surface area contributed by atoms with Gasteiger partial charge >= 0.3 is 0 Å². The smallest absolute Gasteiger partial charge is 0.257 e. The minimum Gasteiger partial charge on any atom is -0.301 e. The molecular formula is C24H29ClN4O. The highest BCUT2D eigenvalue weighted by atomic mass is 35.5. The van der Waals surface area contributed by atoms with Crippen molar-refractivity contribution in [2.75, 3.05) is 39.3 Å². The maximum absolute atomic E-state index is 13.3. The second-order valence-electron chi connectivity index (χ2n) is 8.11. The molecule has 0 radical (unpaired) electrons. The molecule has 158 valence electrons. The zero-order valence-electron chi connectivity index (χ0n) is 17.7. The summed E-state index contributed by atoms with van der Waals surface area (Å²) in [6.07, 6.45) is 0.669. The van der Waals surface area contributed by atoms with Gasteiger partial charge in [-0.3, -0.25) is 9.69 Å². The standard InChI is InChI=1S/C24H29ClN4O/c1-3-27-12-14-28(15-13-27)17-24(30)29-23(19-10-8-18(2)9-11-19)16-22(26-29)20-6-4-5-7-21(20)25/h4-11,23H,3,12-17H2,1-2H3. The number of hydrogen-bond acceptors (Lipinski definition) is 4. The number of hydrogen-bond donors (Lipinski definition) is 0. The van der Waals surface area contributed by atoms with Crippen LogP contribution < -0.4 is 0 Å². The van der Waals surface area contributed by atoms with Crippen LogP contribution in [0.5, 0.6) is 0 Å². The van der Waals surface area contributed by atoms with Gasteiger partial charge in [-0.2, -0.15) is 5.10 Å². The molecule has 4 rings (SSSR count). The van der Waals surface area contributed by atoms with E-state index in [9.17, 15) is 4.79 Å². The Kier molecular flexibility index (Phi) is 6.52. The summed E-state index contributed by atoms with van der Waals surface area (Å²) in [5.41, 5.74) is 4.09. The summed E-state index contributed by atoms with van der Waals surface area (Å²) < 4.78 is 0. The number of aryl methyl sites for hydroxylation is 1. The van der Waals surface area contributed by atoms with Gasteiger partial charge in [0.15, 0.2) is 0 Å². The van der Waals surface area contributed by atoms with E-state index in [2.05, 4.69) is 47.9 Å². The van der Waals surface area contributed by atoms with Crippen molar-refractivity contribution in [1.82, 2.24) is 14.8 Å². The minimum absolute atomic E-state index is 0.0487. The van der Waals surface area contributed by atoms with Gasteiger partial charge in [0.1, 0.15) is 0 Å². The van der Waals surface area contributed by atoms with Gasteiger partial charge in [0.05, 0.1) is 18.3 Å². The number of hydrazone groups is 1. The molecule has 6 heteroatoms. The van der Waals surface area contributed by atoms with Gasteiger partial charge in [-0.05, 0) is 25.1 Å². The van der Waals surface area contributed by atoms with Crippen molar-refractivity contribution in [3.05, 3.63) is 70.2 Å². The van der Waals surface area contributed by atoms with Crippen molar-refractivity contribution < 1.29 is 4.79 Å². The van der Waals surface area contributed by atoms with E-state index in [0.29, 0.717) is 18.0 Å². The largest absolute Gasteiger partial charge is 0.301 e. The van der Waals surface area contributed by atoms with E-state index in [0.717, 1.165) is 49.6 Å². The van der Waals surface area contributed by atoms with Crippen molar-refractivity contribution in [3.8, 4) is 0 Å². The molecule has 0 aliphatic carbocycles. The monoisotopic (exact) mass is 424 g/mol. The topological polar surface area (TPSA) is 39.1 Å². The molecular weight excluding hydrogens is 396 g/mol. The first-order valence-electron chi connectivity index (χ1n) is 10.7. The second kappa shape index (κ2) is 9.29. The third-order valence-electron chi connectivity index (χ3n) is 6.08. The lowest BCUT2D eigenvalue weighted by Gasteiger charge is -2.34. The Bertz CT molecular complexity index is 919. The normalized spacial score (nSPS) is 20.4. The first kappa shape index (κ1) is 21.0. The number of carbonyl (C=O) groups excluding carboxylic acids is 1. The Morgan fingerprint density at radius 3 is 2.37 bits per heavy atom. The van der Waals surface area contributed by atoms with Gasteiger partial charge in [-0.1, -0.05) is 66.6 Å². The van der Waals surface area contributed by atoms with E-state index in [1.54, 1.807) is 5.01 Å². The zero-order valence-corrected chi connectivity index (χ0v) is 18.5. The molecule has 0 spiro atoms. The molecule has 2 aromatic rings. The van der Waals surface area contributed by atoms with E-state index in [4.69, 9.17) is 16.7 Å². The van der Waals surface area contributed by atoms with Crippen LogP contribution in [0.3, 0.4) is 0 Å². The predicted octanol–water partition coefficient (Wildman–Crippen LogP) is 3.96. The predicted molar refractivity (Wildman–Crippen MR) is 122 cm³/mol. The Balaban J connectivity index is 1.56. The SMILES string of the molecule is CCN1CCN(CC(=O)N2N=C(c3ccccc3Cl)CC2c2ccc(C)cc2)CC1. The second-order valence-corrected chi connectivity index (χ2v) is 8.51. The molecule has 0 bridgehead atoms. The van der Waals surface area contributed by atoms with Crippen molar-refractivity contribution in [2.45, 2.75) is 26.3 Å². The fourth-order valence-corrected chi connectivity index (χ4v) is 4.42. The third kappa shape index (κ3) is 4.59. The third-order valence-corrected chi connectivity index (χ3v) is 6.41. The first-order chi connectivity index (χ1) is 14.5. The summed E-state index contributed by atoms with van der Waals surface area (Å²) in [4.78, 5) is 18.0. The summed E-state index contributed by atoms with van der Waals surface area (Å²) >= 11 is 6.43. The van der Waals surface area contributed by atoms with Gasteiger partial charge in [0.25, 0.3) is 5.91 Å². The number of likely N-dealkylation sites (N-methyl/N-ethyl adjacent to an activating group) is 1. The van der Waals surface area contributed by atoms with Crippen LogP contribution in [0.25, 0.3) is 0 Å². The summed E-state index contributed by atoms with van der Waals surface area (Å²) in [5, 5.41) is 7.14. The van der Waals surface area contributed by atoms with Gasteiger partial charge in [0.2, 0.25) is 0 Å². The van der Waals surface area contributed by atoms with Gasteiger partial charge < -0.3 is 4.90 Å². The van der Waals surface area contributed by atoms with E-state index >= 15 is 0 Å². The van der Waals surface area contributed by atoms with Crippen molar-refractivity contribution in [3.63, 3.8) is 0 Å². The number of rotatable bonds is 5. The van der Waals surface area contributed by atoms with Crippen LogP contribution in [0.1, 0.15) is 36.1 Å². The lowest BCUT2D eigenvalue weighted by molar-refractivity contribution is -0.134. The average molecular weight is 425 g/mol. The number of amides is 1. The Hall–Kier alpha value is -2.21. The molecule has 1 amide bonds. The fraction of sp³-hybridized carbons (Fsp3) is 0.417. The summed E-state index contributed by atoms with van der Waals surface area (Å²) in [5.74, 6) is 0.0487. The Morgan fingerprint density at radius 2 is 1.70 bits per heavy atom. The quantitative estimate of drug-likeness (QED) is 0.729. The molecule has 1 unspecified atom stereocenters. The molecule has 1 atom stereocenters. The van der Waals surface area contributed by atoms with Gasteiger partial charge in [-0.15, -0.1) is 0 Å². The number of piperazine rings is 1. The highest BCUT2D eigenvalue weighted by Gasteiger charge is 2.34. The van der Waals surface area contributed by atoms with Crippen LogP contribution in [0.15, 0.2) is 53.6 Å². The maximum Gasteiger partial charge on any atom is 0.257 e.